The fourth-order valence-corrected chi connectivity index (χ4v) is 4.40. The van der Waals surface area contributed by atoms with E-state index in [1.807, 2.05) is 0 Å². The van der Waals surface area contributed by atoms with Gasteiger partial charge in [-0.2, -0.15) is 13.2 Å². The molecule has 4 rings (SSSR count). The molecule has 2 aliphatic heterocycles. The number of nitrogens with zero attached hydrogens (tertiary/aromatic N) is 3. The van der Waals surface area contributed by atoms with Gasteiger partial charge < -0.3 is 9.80 Å². The normalized spacial score (nSPS) is 20.4. The fourth-order valence-electron chi connectivity index (χ4n) is 4.40. The second-order valence-electron chi connectivity index (χ2n) is 7.80. The number of rotatable bonds is 4. The third-order valence-electron chi connectivity index (χ3n) is 5.87. The summed E-state index contributed by atoms with van der Waals surface area (Å²) in [5.41, 5.74) is -0.0730. The van der Waals surface area contributed by atoms with Crippen LogP contribution in [0.2, 0.25) is 0 Å². The number of amides is 1. The lowest BCUT2D eigenvalue weighted by atomic mass is 9.98. The van der Waals surface area contributed by atoms with Crippen LogP contribution in [0, 0.1) is 0 Å². The number of alkyl halides is 3. The Morgan fingerprint density at radius 3 is 2.41 bits per heavy atom. The molecule has 2 aliphatic rings. The maximum atomic E-state index is 13.8. The summed E-state index contributed by atoms with van der Waals surface area (Å²) in [6.07, 6.45) is 2.45. The molecule has 0 unspecified atom stereocenters. The maximum absolute atomic E-state index is 13.8. The molecule has 0 aliphatic carbocycles. The molecule has 2 saturated heterocycles. The van der Waals surface area contributed by atoms with E-state index in [-0.39, 0.29) is 11.6 Å². The smallest absolute Gasteiger partial charge is 0.334 e. The van der Waals surface area contributed by atoms with Crippen molar-refractivity contribution >= 4 is 5.91 Å². The predicted octanol–water partition coefficient (Wildman–Crippen LogP) is 4.47. The van der Waals surface area contributed by atoms with E-state index in [1.165, 1.54) is 18.5 Å². The van der Waals surface area contributed by atoms with Crippen LogP contribution in [0.4, 0.5) is 13.2 Å². The van der Waals surface area contributed by atoms with Crippen molar-refractivity contribution in [1.82, 2.24) is 14.8 Å². The Kier molecular flexibility index (Phi) is 5.58. The fraction of sp³-hybridized carbons (Fsp3) is 0.455. The Bertz CT molecular complexity index is 863. The second-order valence-corrected chi connectivity index (χ2v) is 7.80. The largest absolute Gasteiger partial charge is 0.417 e. The van der Waals surface area contributed by atoms with Gasteiger partial charge in [-0.3, -0.25) is 9.78 Å². The molecule has 2 fully saturated rings. The van der Waals surface area contributed by atoms with E-state index in [0.29, 0.717) is 17.7 Å². The Morgan fingerprint density at radius 2 is 1.72 bits per heavy atom. The van der Waals surface area contributed by atoms with Crippen molar-refractivity contribution in [2.24, 2.45) is 0 Å². The Morgan fingerprint density at radius 1 is 1.00 bits per heavy atom. The highest BCUT2D eigenvalue weighted by molar-refractivity contribution is 5.97. The van der Waals surface area contributed by atoms with Gasteiger partial charge in [-0.05, 0) is 74.2 Å². The van der Waals surface area contributed by atoms with Crippen molar-refractivity contribution in [3.63, 3.8) is 0 Å². The molecule has 1 atom stereocenters. The lowest BCUT2D eigenvalue weighted by Gasteiger charge is -2.29. The molecule has 0 saturated carbocycles. The van der Waals surface area contributed by atoms with Crippen molar-refractivity contribution in [3.8, 4) is 11.1 Å². The number of pyridine rings is 1. The Hall–Kier alpha value is -2.41. The van der Waals surface area contributed by atoms with Gasteiger partial charge in [0.1, 0.15) is 0 Å². The molecule has 0 radical (unpaired) electrons. The molecule has 2 aromatic rings. The Balaban J connectivity index is 1.63. The summed E-state index contributed by atoms with van der Waals surface area (Å²) in [7, 11) is 0. The summed E-state index contributed by atoms with van der Waals surface area (Å²) >= 11 is 0. The van der Waals surface area contributed by atoms with E-state index >= 15 is 0 Å². The van der Waals surface area contributed by atoms with Gasteiger partial charge in [-0.1, -0.05) is 6.07 Å². The van der Waals surface area contributed by atoms with Crippen LogP contribution < -0.4 is 0 Å². The van der Waals surface area contributed by atoms with Gasteiger partial charge >= 0.3 is 6.18 Å². The summed E-state index contributed by atoms with van der Waals surface area (Å²) < 4.78 is 41.5. The first-order valence-electron chi connectivity index (χ1n) is 10.1. The quantitative estimate of drug-likeness (QED) is 0.756. The first-order chi connectivity index (χ1) is 13.9. The lowest BCUT2D eigenvalue weighted by molar-refractivity contribution is -0.138. The van der Waals surface area contributed by atoms with Crippen molar-refractivity contribution in [1.29, 1.82) is 0 Å². The number of likely N-dealkylation sites (tertiary alicyclic amines) is 2. The molecule has 4 nitrogen and oxygen atoms in total. The molecule has 1 aromatic carbocycles. The number of carbonyl (C=O) groups is 1. The van der Waals surface area contributed by atoms with Gasteiger partial charge in [0.25, 0.3) is 5.91 Å². The number of hydrogen-bond donors (Lipinski definition) is 0. The number of aromatic nitrogens is 1. The minimum Gasteiger partial charge on any atom is -0.334 e. The van der Waals surface area contributed by atoms with Gasteiger partial charge in [0.15, 0.2) is 0 Å². The number of halogens is 3. The summed E-state index contributed by atoms with van der Waals surface area (Å²) in [6, 6.07) is 7.29. The molecule has 1 aromatic heterocycles. The first kappa shape index (κ1) is 19.9. The molecule has 0 N–H and O–H groups in total. The third-order valence-corrected chi connectivity index (χ3v) is 5.87. The molecular weight excluding hydrogens is 379 g/mol. The number of benzene rings is 1. The van der Waals surface area contributed by atoms with Crippen molar-refractivity contribution in [3.05, 3.63) is 53.9 Å². The molecule has 0 spiro atoms. The topological polar surface area (TPSA) is 36.4 Å². The number of hydrogen-bond acceptors (Lipinski definition) is 3. The SMILES string of the molecule is O=C(c1ccc(-c2ccncc2)cc1C(F)(F)F)N1CCC[C@H]1CN1CCCC1. The van der Waals surface area contributed by atoms with Gasteiger partial charge in [-0.25, -0.2) is 0 Å². The van der Waals surface area contributed by atoms with E-state index in [9.17, 15) is 18.0 Å². The van der Waals surface area contributed by atoms with Crippen LogP contribution >= 0.6 is 0 Å². The van der Waals surface area contributed by atoms with E-state index in [4.69, 9.17) is 0 Å². The van der Waals surface area contributed by atoms with Gasteiger partial charge in [0.2, 0.25) is 0 Å². The summed E-state index contributed by atoms with van der Waals surface area (Å²) in [4.78, 5) is 21.0. The van der Waals surface area contributed by atoms with E-state index in [1.54, 1.807) is 23.1 Å². The lowest BCUT2D eigenvalue weighted by Crippen LogP contribution is -2.43. The maximum Gasteiger partial charge on any atom is 0.417 e. The van der Waals surface area contributed by atoms with E-state index in [0.717, 1.165) is 51.4 Å². The van der Waals surface area contributed by atoms with Crippen molar-refractivity contribution in [2.45, 2.75) is 37.9 Å². The minimum absolute atomic E-state index is 0.0124. The van der Waals surface area contributed by atoms with Crippen LogP contribution in [-0.4, -0.2) is 52.9 Å². The van der Waals surface area contributed by atoms with Crippen LogP contribution in [-0.2, 0) is 6.18 Å². The van der Waals surface area contributed by atoms with Gasteiger partial charge in [0.05, 0.1) is 11.1 Å². The average molecular weight is 403 g/mol. The highest BCUT2D eigenvalue weighted by Crippen LogP contribution is 2.36. The van der Waals surface area contributed by atoms with Crippen molar-refractivity contribution in [2.75, 3.05) is 26.2 Å². The standard InChI is InChI=1S/C22H24F3N3O/c23-22(24,25)20-14-17(16-7-9-26-10-8-16)5-6-19(20)21(29)28-13-3-4-18(28)15-27-11-1-2-12-27/h5-10,14,18H,1-4,11-13,15H2/t18-/m0/s1. The van der Waals surface area contributed by atoms with Gasteiger partial charge in [0, 0.05) is 31.5 Å². The van der Waals surface area contributed by atoms with E-state index in [2.05, 4.69) is 9.88 Å². The minimum atomic E-state index is -4.60. The molecular formula is C22H24F3N3O. The second kappa shape index (κ2) is 8.14. The van der Waals surface area contributed by atoms with Crippen LogP contribution in [0.15, 0.2) is 42.7 Å². The first-order valence-corrected chi connectivity index (χ1v) is 10.1. The molecule has 7 heteroatoms. The van der Waals surface area contributed by atoms with Crippen LogP contribution in [0.3, 0.4) is 0 Å². The van der Waals surface area contributed by atoms with Crippen LogP contribution in [0.1, 0.15) is 41.6 Å². The monoisotopic (exact) mass is 403 g/mol. The van der Waals surface area contributed by atoms with Crippen molar-refractivity contribution < 1.29 is 18.0 Å². The molecule has 0 bridgehead atoms. The van der Waals surface area contributed by atoms with Crippen LogP contribution in [0.5, 0.6) is 0 Å². The highest BCUT2D eigenvalue weighted by atomic mass is 19.4. The summed E-state index contributed by atoms with van der Waals surface area (Å²) in [5.74, 6) is -0.514. The summed E-state index contributed by atoms with van der Waals surface area (Å²) in [5, 5.41) is 0. The molecule has 3 heterocycles. The average Bonchev–Trinajstić information content (AvgIpc) is 3.39. The molecule has 29 heavy (non-hydrogen) atoms. The number of carbonyl (C=O) groups excluding carboxylic acids is 1. The third kappa shape index (κ3) is 4.29. The molecule has 1 amide bonds. The van der Waals surface area contributed by atoms with Crippen LogP contribution in [0.25, 0.3) is 11.1 Å². The predicted molar refractivity (Wildman–Crippen MR) is 104 cm³/mol. The molecule has 154 valence electrons. The summed E-state index contributed by atoms with van der Waals surface area (Å²) in [6.45, 7) is 3.28. The Labute approximate surface area is 168 Å². The highest BCUT2D eigenvalue weighted by Gasteiger charge is 2.39. The van der Waals surface area contributed by atoms with E-state index < -0.39 is 17.6 Å². The zero-order chi connectivity index (χ0) is 20.4. The van der Waals surface area contributed by atoms with Gasteiger partial charge in [-0.15, -0.1) is 0 Å². The zero-order valence-electron chi connectivity index (χ0n) is 16.2. The zero-order valence-corrected chi connectivity index (χ0v) is 16.2.